The van der Waals surface area contributed by atoms with Crippen molar-refractivity contribution in [2.24, 2.45) is 5.73 Å². The Bertz CT molecular complexity index is 1030. The van der Waals surface area contributed by atoms with Gasteiger partial charge in [0, 0.05) is 40.8 Å². The van der Waals surface area contributed by atoms with Crippen LogP contribution in [-0.2, 0) is 4.79 Å². The molecule has 1 fully saturated rings. The number of nitrogens with zero attached hydrogens (tertiary/aromatic N) is 2. The average Bonchev–Trinajstić information content (AvgIpc) is 2.81. The number of nitrogens with one attached hydrogen (secondary N) is 1. The van der Waals surface area contributed by atoms with Crippen LogP contribution in [0.5, 0.6) is 5.75 Å². The summed E-state index contributed by atoms with van der Waals surface area (Å²) in [5, 5.41) is 8.30. The van der Waals surface area contributed by atoms with Crippen LogP contribution >= 0.6 is 11.6 Å². The highest BCUT2D eigenvalue weighted by Gasteiger charge is 2.35. The molecular weight excluding hydrogens is 448 g/mol. The molecule has 3 atom stereocenters. The number of piperidine rings is 1. The number of carbonyl (C=O) groups excluding carboxylic acids is 1. The molecule has 182 valence electrons. The van der Waals surface area contributed by atoms with E-state index in [0.717, 1.165) is 31.5 Å². The van der Waals surface area contributed by atoms with Gasteiger partial charge in [0.05, 0.1) is 5.69 Å². The fourth-order valence-electron chi connectivity index (χ4n) is 5.21. The summed E-state index contributed by atoms with van der Waals surface area (Å²) in [4.78, 5) is 18.0. The molecule has 0 bridgehead atoms. The summed E-state index contributed by atoms with van der Waals surface area (Å²) in [5.74, 6) is 0.456. The summed E-state index contributed by atoms with van der Waals surface area (Å²) in [6, 6.07) is 13.9. The van der Waals surface area contributed by atoms with Gasteiger partial charge in [0.1, 0.15) is 11.6 Å². The lowest BCUT2D eigenvalue weighted by atomic mass is 9.97. The van der Waals surface area contributed by atoms with Crippen molar-refractivity contribution < 1.29 is 9.53 Å². The molecule has 7 heteroatoms. The smallest absolute Gasteiger partial charge is 0.272 e. The van der Waals surface area contributed by atoms with E-state index in [1.807, 2.05) is 17.0 Å². The Kier molecular flexibility index (Phi) is 7.79. The molecule has 0 radical (unpaired) electrons. The number of unbranched alkanes of at least 4 members (excludes halogenated alkanes) is 2. The minimum Gasteiger partial charge on any atom is -0.474 e. The number of fused-ring (bicyclic) bond motifs is 1. The van der Waals surface area contributed by atoms with Crippen LogP contribution in [0, 0.1) is 5.41 Å². The molecule has 2 aliphatic heterocycles. The van der Waals surface area contributed by atoms with Crippen LogP contribution in [0.25, 0.3) is 0 Å². The first-order valence-corrected chi connectivity index (χ1v) is 12.7. The number of nitrogen functional groups attached to an aromatic ring is 1. The predicted octanol–water partition coefficient (Wildman–Crippen LogP) is 5.52. The van der Waals surface area contributed by atoms with Crippen molar-refractivity contribution >= 4 is 29.0 Å². The minimum absolute atomic E-state index is 0.0391. The molecule has 0 aromatic heterocycles. The van der Waals surface area contributed by atoms with Gasteiger partial charge in [-0.05, 0) is 64.3 Å². The van der Waals surface area contributed by atoms with E-state index in [9.17, 15) is 4.79 Å². The van der Waals surface area contributed by atoms with Gasteiger partial charge in [-0.25, -0.2) is 0 Å². The van der Waals surface area contributed by atoms with Gasteiger partial charge in [-0.2, -0.15) is 0 Å². The maximum atomic E-state index is 13.5. The molecule has 2 aromatic rings. The number of likely N-dealkylation sites (tertiary alicyclic amines) is 1. The second-order valence-electron chi connectivity index (χ2n) is 9.57. The SMILES string of the molecule is CC1CCCC(C)N1CCCCCN1C(=O)C(c2cccc(C(=N)N)c2)Oc2cc(Cl)ccc21. The number of benzene rings is 2. The van der Waals surface area contributed by atoms with Crippen molar-refractivity contribution in [3.05, 3.63) is 58.6 Å². The largest absolute Gasteiger partial charge is 0.474 e. The number of hydrogen-bond donors (Lipinski definition) is 2. The molecule has 0 aliphatic carbocycles. The van der Waals surface area contributed by atoms with Crippen molar-refractivity contribution in [3.8, 4) is 5.75 Å². The van der Waals surface area contributed by atoms with E-state index in [-0.39, 0.29) is 11.7 Å². The first-order chi connectivity index (χ1) is 16.3. The van der Waals surface area contributed by atoms with E-state index in [1.165, 1.54) is 19.3 Å². The standard InChI is InChI=1S/C27H35ClN4O2/c1-18-8-6-9-19(2)31(18)14-4-3-5-15-32-23-13-12-22(28)17-24(23)34-25(27(32)33)20-10-7-11-21(16-20)26(29)30/h7,10-13,16-19,25H,3-6,8-9,14-15H2,1-2H3,(H3,29,30). The summed E-state index contributed by atoms with van der Waals surface area (Å²) in [7, 11) is 0. The molecule has 4 rings (SSSR count). The first-order valence-electron chi connectivity index (χ1n) is 12.3. The van der Waals surface area contributed by atoms with E-state index in [4.69, 9.17) is 27.5 Å². The Labute approximate surface area is 207 Å². The maximum Gasteiger partial charge on any atom is 0.272 e. The molecular formula is C27H35ClN4O2. The van der Waals surface area contributed by atoms with Gasteiger partial charge < -0.3 is 15.4 Å². The fourth-order valence-corrected chi connectivity index (χ4v) is 5.37. The van der Waals surface area contributed by atoms with Crippen molar-refractivity contribution in [2.75, 3.05) is 18.0 Å². The van der Waals surface area contributed by atoms with Crippen molar-refractivity contribution in [1.29, 1.82) is 5.41 Å². The third-order valence-corrected chi connectivity index (χ3v) is 7.36. The van der Waals surface area contributed by atoms with Gasteiger partial charge in [0.15, 0.2) is 0 Å². The van der Waals surface area contributed by atoms with E-state index in [2.05, 4.69) is 18.7 Å². The van der Waals surface area contributed by atoms with Crippen LogP contribution in [0.4, 0.5) is 5.69 Å². The highest BCUT2D eigenvalue weighted by molar-refractivity contribution is 6.30. The Morgan fingerprint density at radius 2 is 1.82 bits per heavy atom. The normalized spacial score (nSPS) is 22.9. The summed E-state index contributed by atoms with van der Waals surface area (Å²) in [6.07, 6.45) is 6.23. The Hall–Kier alpha value is -2.57. The second kappa shape index (κ2) is 10.8. The third-order valence-electron chi connectivity index (χ3n) is 7.12. The lowest BCUT2D eigenvalue weighted by Gasteiger charge is -2.39. The summed E-state index contributed by atoms with van der Waals surface area (Å²) in [5.41, 5.74) is 7.67. The van der Waals surface area contributed by atoms with Crippen LogP contribution in [-0.4, -0.2) is 41.8 Å². The number of amidine groups is 1. The number of halogens is 1. The van der Waals surface area contributed by atoms with Crippen LogP contribution in [0.2, 0.25) is 5.02 Å². The zero-order chi connectivity index (χ0) is 24.2. The van der Waals surface area contributed by atoms with Crippen LogP contribution in [0.3, 0.4) is 0 Å². The summed E-state index contributed by atoms with van der Waals surface area (Å²) in [6.45, 7) is 6.42. The molecule has 1 saturated heterocycles. The molecule has 0 saturated carbocycles. The molecule has 1 amide bonds. The quantitative estimate of drug-likeness (QED) is 0.294. The third kappa shape index (κ3) is 5.39. The van der Waals surface area contributed by atoms with Gasteiger partial charge in [-0.3, -0.25) is 15.1 Å². The molecule has 3 unspecified atom stereocenters. The number of amides is 1. The van der Waals surface area contributed by atoms with E-state index in [1.54, 1.807) is 30.3 Å². The molecule has 2 aliphatic rings. The van der Waals surface area contributed by atoms with Crippen LogP contribution < -0.4 is 15.4 Å². The fraction of sp³-hybridized carbons (Fsp3) is 0.481. The summed E-state index contributed by atoms with van der Waals surface area (Å²) < 4.78 is 6.11. The predicted molar refractivity (Wildman–Crippen MR) is 138 cm³/mol. The van der Waals surface area contributed by atoms with Crippen LogP contribution in [0.15, 0.2) is 42.5 Å². The molecule has 0 spiro atoms. The number of rotatable bonds is 8. The average molecular weight is 483 g/mol. The number of carbonyl (C=O) groups is 1. The molecule has 34 heavy (non-hydrogen) atoms. The minimum atomic E-state index is -0.791. The van der Waals surface area contributed by atoms with Crippen LogP contribution in [0.1, 0.15) is 69.6 Å². The molecule has 3 N–H and O–H groups in total. The molecule has 6 nitrogen and oxygen atoms in total. The zero-order valence-corrected chi connectivity index (χ0v) is 20.9. The van der Waals surface area contributed by atoms with Crippen molar-refractivity contribution in [3.63, 3.8) is 0 Å². The Balaban J connectivity index is 1.45. The summed E-state index contributed by atoms with van der Waals surface area (Å²) >= 11 is 6.23. The molecule has 2 aromatic carbocycles. The van der Waals surface area contributed by atoms with E-state index < -0.39 is 6.10 Å². The lowest BCUT2D eigenvalue weighted by molar-refractivity contribution is -0.126. The lowest BCUT2D eigenvalue weighted by Crippen LogP contribution is -2.44. The molecule has 2 heterocycles. The van der Waals surface area contributed by atoms with Crippen molar-refractivity contribution in [2.45, 2.75) is 70.6 Å². The van der Waals surface area contributed by atoms with Gasteiger partial charge in [0.2, 0.25) is 6.10 Å². The topological polar surface area (TPSA) is 82.7 Å². The monoisotopic (exact) mass is 482 g/mol. The zero-order valence-electron chi connectivity index (χ0n) is 20.1. The van der Waals surface area contributed by atoms with Gasteiger partial charge in [0.25, 0.3) is 5.91 Å². The van der Waals surface area contributed by atoms with E-state index >= 15 is 0 Å². The van der Waals surface area contributed by atoms with Crippen molar-refractivity contribution in [1.82, 2.24) is 4.90 Å². The number of ether oxygens (including phenoxy) is 1. The maximum absolute atomic E-state index is 13.5. The number of anilines is 1. The first kappa shape index (κ1) is 24.6. The van der Waals surface area contributed by atoms with Gasteiger partial charge >= 0.3 is 0 Å². The van der Waals surface area contributed by atoms with E-state index in [0.29, 0.717) is 40.5 Å². The Morgan fingerprint density at radius 3 is 2.56 bits per heavy atom. The highest BCUT2D eigenvalue weighted by atomic mass is 35.5. The number of hydrogen-bond acceptors (Lipinski definition) is 4. The van der Waals surface area contributed by atoms with Gasteiger partial charge in [-0.15, -0.1) is 0 Å². The number of nitrogens with two attached hydrogens (primary N) is 1. The second-order valence-corrected chi connectivity index (χ2v) is 10.0. The Morgan fingerprint density at radius 1 is 1.09 bits per heavy atom. The van der Waals surface area contributed by atoms with Gasteiger partial charge in [-0.1, -0.05) is 42.6 Å². The highest BCUT2D eigenvalue weighted by Crippen LogP contribution is 2.40.